The standard InChI is InChI=1S/C9H10O2/c1-2-5-11-9(3-1)8-4-6-10-7-8/h2,4-6,8-9H,1,3H2. The van der Waals surface area contributed by atoms with Crippen LogP contribution in [0.5, 0.6) is 0 Å². The second-order valence-electron chi connectivity index (χ2n) is 2.71. The smallest absolute Gasteiger partial charge is 0.206 e. The van der Waals surface area contributed by atoms with E-state index in [1.54, 1.807) is 12.5 Å². The van der Waals surface area contributed by atoms with Gasteiger partial charge < -0.3 is 9.47 Å². The number of allylic oxidation sites excluding steroid dienone is 1. The summed E-state index contributed by atoms with van der Waals surface area (Å²) in [6.07, 6.45) is 9.82. The van der Waals surface area contributed by atoms with Gasteiger partial charge in [-0.15, -0.1) is 0 Å². The minimum atomic E-state index is 0.222. The molecule has 0 amide bonds. The fourth-order valence-electron chi connectivity index (χ4n) is 1.30. The average Bonchev–Trinajstić information content (AvgIpc) is 2.58. The molecule has 0 bridgehead atoms. The van der Waals surface area contributed by atoms with Crippen molar-refractivity contribution >= 4 is 0 Å². The Morgan fingerprint density at radius 3 is 3.00 bits per heavy atom. The van der Waals surface area contributed by atoms with Gasteiger partial charge in [-0.3, -0.25) is 0 Å². The predicted molar refractivity (Wildman–Crippen MR) is 40.2 cm³/mol. The lowest BCUT2D eigenvalue weighted by Gasteiger charge is -2.22. The molecular formula is C9H10O2. The van der Waals surface area contributed by atoms with Gasteiger partial charge in [0.25, 0.3) is 0 Å². The van der Waals surface area contributed by atoms with Gasteiger partial charge in [-0.25, -0.2) is 0 Å². The lowest BCUT2D eigenvalue weighted by molar-refractivity contribution is 0.0864. The predicted octanol–water partition coefficient (Wildman–Crippen LogP) is 1.88. The molecule has 0 aromatic carbocycles. The van der Waals surface area contributed by atoms with Crippen molar-refractivity contribution in [2.24, 2.45) is 5.92 Å². The molecule has 2 aliphatic rings. The van der Waals surface area contributed by atoms with E-state index >= 15 is 0 Å². The van der Waals surface area contributed by atoms with Crippen LogP contribution in [-0.4, -0.2) is 6.10 Å². The maximum Gasteiger partial charge on any atom is 0.206 e. The van der Waals surface area contributed by atoms with Gasteiger partial charge in [0, 0.05) is 0 Å². The van der Waals surface area contributed by atoms with Crippen LogP contribution >= 0.6 is 0 Å². The summed E-state index contributed by atoms with van der Waals surface area (Å²) in [5.41, 5.74) is 0. The molecule has 0 aliphatic carbocycles. The van der Waals surface area contributed by atoms with E-state index in [9.17, 15) is 0 Å². The summed E-state index contributed by atoms with van der Waals surface area (Å²) in [7, 11) is 0. The van der Waals surface area contributed by atoms with Gasteiger partial charge in [-0.2, -0.15) is 0 Å². The molecule has 58 valence electrons. The van der Waals surface area contributed by atoms with Gasteiger partial charge in [0.2, 0.25) is 6.61 Å². The lowest BCUT2D eigenvalue weighted by atomic mass is 9.99. The Kier molecular flexibility index (Phi) is 1.84. The van der Waals surface area contributed by atoms with Gasteiger partial charge in [-0.1, -0.05) is 0 Å². The SMILES string of the molecule is [C]1OC=CC1C1CCC=CO1. The maximum absolute atomic E-state index is 5.39. The Morgan fingerprint density at radius 2 is 2.36 bits per heavy atom. The van der Waals surface area contributed by atoms with E-state index in [1.165, 1.54) is 0 Å². The third-order valence-electron chi connectivity index (χ3n) is 1.93. The van der Waals surface area contributed by atoms with Crippen molar-refractivity contribution in [3.05, 3.63) is 31.3 Å². The molecule has 0 fully saturated rings. The van der Waals surface area contributed by atoms with Crippen LogP contribution in [0.15, 0.2) is 24.7 Å². The van der Waals surface area contributed by atoms with E-state index in [4.69, 9.17) is 9.47 Å². The molecule has 2 heteroatoms. The first-order valence-corrected chi connectivity index (χ1v) is 3.85. The minimum absolute atomic E-state index is 0.222. The van der Waals surface area contributed by atoms with Gasteiger partial charge in [0.05, 0.1) is 18.4 Å². The molecule has 2 unspecified atom stereocenters. The van der Waals surface area contributed by atoms with Crippen molar-refractivity contribution in [2.45, 2.75) is 18.9 Å². The van der Waals surface area contributed by atoms with Crippen LogP contribution in [0.2, 0.25) is 0 Å². The van der Waals surface area contributed by atoms with Crippen molar-refractivity contribution in [1.82, 2.24) is 0 Å². The monoisotopic (exact) mass is 150 g/mol. The maximum atomic E-state index is 5.39. The summed E-state index contributed by atoms with van der Waals surface area (Å²) in [4.78, 5) is 0. The van der Waals surface area contributed by atoms with Gasteiger partial charge >= 0.3 is 0 Å². The molecule has 2 atom stereocenters. The van der Waals surface area contributed by atoms with E-state index in [0.717, 1.165) is 12.8 Å². The summed E-state index contributed by atoms with van der Waals surface area (Å²) in [6.45, 7) is 2.86. The summed E-state index contributed by atoms with van der Waals surface area (Å²) < 4.78 is 10.3. The molecule has 0 saturated carbocycles. The molecule has 2 heterocycles. The zero-order chi connectivity index (χ0) is 7.52. The fraction of sp³-hybridized carbons (Fsp3) is 0.444. The number of ether oxygens (including phenoxy) is 2. The van der Waals surface area contributed by atoms with Crippen LogP contribution in [-0.2, 0) is 9.47 Å². The number of rotatable bonds is 1. The second kappa shape index (κ2) is 2.99. The summed E-state index contributed by atoms with van der Waals surface area (Å²) in [5.74, 6) is 0.222. The van der Waals surface area contributed by atoms with Crippen LogP contribution < -0.4 is 0 Å². The molecule has 2 aliphatic heterocycles. The quantitative estimate of drug-likeness (QED) is 0.568. The minimum Gasteiger partial charge on any atom is -0.498 e. The normalized spacial score (nSPS) is 34.9. The molecular weight excluding hydrogens is 140 g/mol. The average molecular weight is 150 g/mol. The molecule has 0 saturated heterocycles. The van der Waals surface area contributed by atoms with Crippen molar-refractivity contribution < 1.29 is 9.47 Å². The molecule has 0 aromatic heterocycles. The largest absolute Gasteiger partial charge is 0.498 e. The zero-order valence-corrected chi connectivity index (χ0v) is 6.19. The third kappa shape index (κ3) is 1.39. The molecule has 0 N–H and O–H groups in total. The van der Waals surface area contributed by atoms with E-state index in [-0.39, 0.29) is 12.0 Å². The molecule has 11 heavy (non-hydrogen) atoms. The van der Waals surface area contributed by atoms with Crippen LogP contribution in [0, 0.1) is 12.5 Å². The Hall–Kier alpha value is -0.920. The Morgan fingerprint density at radius 1 is 1.36 bits per heavy atom. The zero-order valence-electron chi connectivity index (χ0n) is 6.19. The van der Waals surface area contributed by atoms with Gasteiger partial charge in [0.1, 0.15) is 6.10 Å². The van der Waals surface area contributed by atoms with Crippen molar-refractivity contribution in [1.29, 1.82) is 0 Å². The fourth-order valence-corrected chi connectivity index (χ4v) is 1.30. The molecule has 2 rings (SSSR count). The first-order valence-electron chi connectivity index (χ1n) is 3.85. The van der Waals surface area contributed by atoms with E-state index in [1.807, 2.05) is 12.2 Å². The Bertz CT molecular complexity index is 184. The van der Waals surface area contributed by atoms with Crippen LogP contribution in [0.25, 0.3) is 0 Å². The summed E-state index contributed by atoms with van der Waals surface area (Å²) in [5, 5.41) is 0. The topological polar surface area (TPSA) is 18.5 Å². The Balaban J connectivity index is 1.93. The first-order chi connectivity index (χ1) is 5.47. The summed E-state index contributed by atoms with van der Waals surface area (Å²) in [6, 6.07) is 0. The number of hydrogen-bond donors (Lipinski definition) is 0. The number of hydrogen-bond acceptors (Lipinski definition) is 2. The van der Waals surface area contributed by atoms with E-state index < -0.39 is 0 Å². The summed E-state index contributed by atoms with van der Waals surface area (Å²) >= 11 is 0. The first kappa shape index (κ1) is 6.77. The van der Waals surface area contributed by atoms with E-state index in [0.29, 0.717) is 0 Å². The highest BCUT2D eigenvalue weighted by Crippen LogP contribution is 2.25. The van der Waals surface area contributed by atoms with Crippen LogP contribution in [0.4, 0.5) is 0 Å². The molecule has 0 aromatic rings. The molecule has 2 nitrogen and oxygen atoms in total. The van der Waals surface area contributed by atoms with Crippen molar-refractivity contribution in [3.63, 3.8) is 0 Å². The Labute approximate surface area is 66.5 Å². The van der Waals surface area contributed by atoms with Crippen molar-refractivity contribution in [2.75, 3.05) is 0 Å². The van der Waals surface area contributed by atoms with E-state index in [2.05, 4.69) is 6.61 Å². The van der Waals surface area contributed by atoms with Gasteiger partial charge in [-0.05, 0) is 25.0 Å². The second-order valence-corrected chi connectivity index (χ2v) is 2.71. The molecule has 0 spiro atoms. The van der Waals surface area contributed by atoms with Crippen molar-refractivity contribution in [3.8, 4) is 0 Å². The highest BCUT2D eigenvalue weighted by Gasteiger charge is 2.25. The van der Waals surface area contributed by atoms with Crippen LogP contribution in [0.1, 0.15) is 12.8 Å². The highest BCUT2D eigenvalue weighted by molar-refractivity contribution is 5.01. The highest BCUT2D eigenvalue weighted by atomic mass is 16.5. The third-order valence-corrected chi connectivity index (χ3v) is 1.93. The molecule has 2 radical (unpaired) electrons. The lowest BCUT2D eigenvalue weighted by Crippen LogP contribution is -2.21. The van der Waals surface area contributed by atoms with Gasteiger partial charge in [0.15, 0.2) is 0 Å². The van der Waals surface area contributed by atoms with Crippen LogP contribution in [0.3, 0.4) is 0 Å².